The van der Waals surface area contributed by atoms with Gasteiger partial charge in [0, 0.05) is 0 Å². The maximum Gasteiger partial charge on any atom is 0.343 e. The number of carbonyl (C=O) groups excluding carboxylic acids is 1. The van der Waals surface area contributed by atoms with E-state index in [1.807, 2.05) is 24.3 Å². The van der Waals surface area contributed by atoms with Crippen molar-refractivity contribution in [1.82, 2.24) is 0 Å². The zero-order valence-corrected chi connectivity index (χ0v) is 17.4. The van der Waals surface area contributed by atoms with E-state index in [1.165, 1.54) is 37.0 Å². The van der Waals surface area contributed by atoms with Crippen LogP contribution in [0.15, 0.2) is 48.5 Å². The van der Waals surface area contributed by atoms with Crippen LogP contribution in [0.2, 0.25) is 0 Å². The number of ether oxygens (including phenoxy) is 1. The highest BCUT2D eigenvalue weighted by atomic mass is 19.2. The SMILES string of the molecule is CCCCCCc1ccc(-c2ccc(C(=O)Oc3c(F)c(F)c(F)c(F)c3F)cc2)cc1. The topological polar surface area (TPSA) is 26.3 Å². The molecular weight excluding hydrogens is 427 g/mol. The van der Waals surface area contributed by atoms with Crippen LogP contribution in [-0.2, 0) is 6.42 Å². The number of rotatable bonds is 8. The maximum atomic E-state index is 13.7. The Morgan fingerprint density at radius 2 is 1.19 bits per heavy atom. The van der Waals surface area contributed by atoms with Gasteiger partial charge in [-0.1, -0.05) is 62.6 Å². The number of halogens is 5. The third-order valence-electron chi connectivity index (χ3n) is 5.09. The van der Waals surface area contributed by atoms with E-state index in [0.717, 1.165) is 24.0 Å². The van der Waals surface area contributed by atoms with Crippen molar-refractivity contribution in [2.45, 2.75) is 39.0 Å². The van der Waals surface area contributed by atoms with Crippen LogP contribution in [-0.4, -0.2) is 5.97 Å². The molecule has 0 amide bonds. The Labute approximate surface area is 182 Å². The molecule has 0 heterocycles. The lowest BCUT2D eigenvalue weighted by atomic mass is 10.0. The molecule has 3 aromatic carbocycles. The number of aryl methyl sites for hydroxylation is 1. The van der Waals surface area contributed by atoms with Gasteiger partial charge in [-0.25, -0.2) is 18.0 Å². The molecule has 32 heavy (non-hydrogen) atoms. The lowest BCUT2D eigenvalue weighted by molar-refractivity contribution is 0.0716. The minimum Gasteiger partial charge on any atom is -0.416 e. The predicted octanol–water partition coefficient (Wildman–Crippen LogP) is 7.39. The summed E-state index contributed by atoms with van der Waals surface area (Å²) in [6.45, 7) is 2.17. The van der Waals surface area contributed by atoms with Gasteiger partial charge in [-0.05, 0) is 41.7 Å². The van der Waals surface area contributed by atoms with Crippen molar-refractivity contribution in [1.29, 1.82) is 0 Å². The summed E-state index contributed by atoms with van der Waals surface area (Å²) in [4.78, 5) is 12.2. The van der Waals surface area contributed by atoms with Gasteiger partial charge in [0.2, 0.25) is 34.8 Å². The predicted molar refractivity (Wildman–Crippen MR) is 111 cm³/mol. The summed E-state index contributed by atoms with van der Waals surface area (Å²) in [5.41, 5.74) is 2.82. The molecule has 0 saturated heterocycles. The summed E-state index contributed by atoms with van der Waals surface area (Å²) in [5, 5.41) is 0. The molecule has 3 aromatic rings. The third-order valence-corrected chi connectivity index (χ3v) is 5.09. The fourth-order valence-electron chi connectivity index (χ4n) is 3.24. The Bertz CT molecular complexity index is 1060. The number of hydrogen-bond acceptors (Lipinski definition) is 2. The number of esters is 1. The average molecular weight is 448 g/mol. The van der Waals surface area contributed by atoms with Gasteiger partial charge in [0.1, 0.15) is 0 Å². The summed E-state index contributed by atoms with van der Waals surface area (Å²) in [7, 11) is 0. The fraction of sp³-hybridized carbons (Fsp3) is 0.240. The molecule has 7 heteroatoms. The Kier molecular flexibility index (Phi) is 7.62. The Balaban J connectivity index is 1.70. The van der Waals surface area contributed by atoms with E-state index in [9.17, 15) is 26.7 Å². The summed E-state index contributed by atoms with van der Waals surface area (Å²) in [5.74, 6) is -14.0. The van der Waals surface area contributed by atoms with E-state index in [4.69, 9.17) is 0 Å². The molecule has 0 aliphatic rings. The van der Waals surface area contributed by atoms with Crippen molar-refractivity contribution in [2.24, 2.45) is 0 Å². The van der Waals surface area contributed by atoms with E-state index < -0.39 is 40.8 Å². The van der Waals surface area contributed by atoms with Crippen LogP contribution in [0.5, 0.6) is 5.75 Å². The van der Waals surface area contributed by atoms with Gasteiger partial charge in [0.15, 0.2) is 0 Å². The van der Waals surface area contributed by atoms with E-state index in [-0.39, 0.29) is 5.56 Å². The molecule has 0 unspecified atom stereocenters. The second-order valence-electron chi connectivity index (χ2n) is 7.37. The van der Waals surface area contributed by atoms with Crippen molar-refractivity contribution < 1.29 is 31.5 Å². The van der Waals surface area contributed by atoms with Crippen LogP contribution in [0.3, 0.4) is 0 Å². The second-order valence-corrected chi connectivity index (χ2v) is 7.37. The van der Waals surface area contributed by atoms with E-state index >= 15 is 0 Å². The molecule has 0 atom stereocenters. The van der Waals surface area contributed by atoms with Crippen LogP contribution in [0.25, 0.3) is 11.1 Å². The molecule has 168 valence electrons. The molecule has 0 N–H and O–H groups in total. The average Bonchev–Trinajstić information content (AvgIpc) is 2.82. The van der Waals surface area contributed by atoms with Crippen molar-refractivity contribution in [3.05, 3.63) is 88.7 Å². The Morgan fingerprint density at radius 3 is 1.72 bits per heavy atom. The monoisotopic (exact) mass is 448 g/mol. The number of unbranched alkanes of at least 4 members (excludes halogenated alkanes) is 3. The molecule has 0 saturated carbocycles. The quantitative estimate of drug-likeness (QED) is 0.0897. The molecular formula is C25H21F5O2. The molecule has 0 aliphatic heterocycles. The smallest absolute Gasteiger partial charge is 0.343 e. The van der Waals surface area contributed by atoms with Crippen LogP contribution >= 0.6 is 0 Å². The van der Waals surface area contributed by atoms with Crippen molar-refractivity contribution in [3.8, 4) is 16.9 Å². The zero-order chi connectivity index (χ0) is 23.3. The number of benzene rings is 3. The highest BCUT2D eigenvalue weighted by Crippen LogP contribution is 2.30. The lowest BCUT2D eigenvalue weighted by Crippen LogP contribution is -2.13. The van der Waals surface area contributed by atoms with Crippen LogP contribution in [0.1, 0.15) is 48.5 Å². The van der Waals surface area contributed by atoms with Crippen molar-refractivity contribution in [2.75, 3.05) is 0 Å². The van der Waals surface area contributed by atoms with Gasteiger partial charge in [0.25, 0.3) is 0 Å². The van der Waals surface area contributed by atoms with E-state index in [0.29, 0.717) is 0 Å². The number of carbonyl (C=O) groups is 1. The standard InChI is InChI=1S/C25H21F5O2/c1-2-3-4-5-6-15-7-9-16(10-8-15)17-11-13-18(14-12-17)25(31)32-24-22(29)20(27)19(26)21(28)23(24)30/h7-14H,2-6H2,1H3. The molecule has 0 aromatic heterocycles. The van der Waals surface area contributed by atoms with E-state index in [1.54, 1.807) is 12.1 Å². The molecule has 2 nitrogen and oxygen atoms in total. The number of hydrogen-bond donors (Lipinski definition) is 0. The Morgan fingerprint density at radius 1 is 0.688 bits per heavy atom. The molecule has 3 rings (SSSR count). The first-order valence-electron chi connectivity index (χ1n) is 10.3. The lowest BCUT2D eigenvalue weighted by Gasteiger charge is -2.09. The van der Waals surface area contributed by atoms with Gasteiger partial charge in [0.05, 0.1) is 5.56 Å². The maximum absolute atomic E-state index is 13.7. The van der Waals surface area contributed by atoms with Gasteiger partial charge < -0.3 is 4.74 Å². The fourth-order valence-corrected chi connectivity index (χ4v) is 3.24. The van der Waals surface area contributed by atoms with Gasteiger partial charge >= 0.3 is 5.97 Å². The minimum absolute atomic E-state index is 0.106. The molecule has 0 aliphatic carbocycles. The molecule has 0 spiro atoms. The Hall–Kier alpha value is -3.22. The summed E-state index contributed by atoms with van der Waals surface area (Å²) >= 11 is 0. The van der Waals surface area contributed by atoms with Crippen LogP contribution in [0, 0.1) is 29.1 Å². The van der Waals surface area contributed by atoms with Crippen LogP contribution < -0.4 is 4.74 Å². The third kappa shape index (κ3) is 5.15. The van der Waals surface area contributed by atoms with Gasteiger partial charge in [-0.2, -0.15) is 8.78 Å². The molecule has 0 radical (unpaired) electrons. The first kappa shape index (κ1) is 23.4. The van der Waals surface area contributed by atoms with Crippen molar-refractivity contribution in [3.63, 3.8) is 0 Å². The second kappa shape index (κ2) is 10.4. The first-order chi connectivity index (χ1) is 15.3. The minimum atomic E-state index is -2.32. The highest BCUT2D eigenvalue weighted by Gasteiger charge is 2.28. The highest BCUT2D eigenvalue weighted by molar-refractivity contribution is 5.91. The van der Waals surface area contributed by atoms with Crippen LogP contribution in [0.4, 0.5) is 22.0 Å². The molecule has 0 fully saturated rings. The first-order valence-corrected chi connectivity index (χ1v) is 10.3. The largest absolute Gasteiger partial charge is 0.416 e. The zero-order valence-electron chi connectivity index (χ0n) is 17.4. The summed E-state index contributed by atoms with van der Waals surface area (Å²) in [6.07, 6.45) is 5.73. The van der Waals surface area contributed by atoms with E-state index in [2.05, 4.69) is 11.7 Å². The summed E-state index contributed by atoms with van der Waals surface area (Å²) < 4.78 is 71.6. The molecule has 0 bridgehead atoms. The summed E-state index contributed by atoms with van der Waals surface area (Å²) in [6, 6.07) is 13.9. The van der Waals surface area contributed by atoms with Crippen molar-refractivity contribution >= 4 is 5.97 Å². The normalized spacial score (nSPS) is 10.9. The van der Waals surface area contributed by atoms with Gasteiger partial charge in [-0.15, -0.1) is 0 Å². The van der Waals surface area contributed by atoms with Gasteiger partial charge in [-0.3, -0.25) is 0 Å².